The zero-order chi connectivity index (χ0) is 26.9. The number of nitrogens with zero attached hydrogens (tertiary/aromatic N) is 2. The molecule has 11 heteroatoms. The van der Waals surface area contributed by atoms with Crippen LogP contribution in [0, 0.1) is 6.92 Å². The van der Waals surface area contributed by atoms with Gasteiger partial charge in [0, 0.05) is 56.7 Å². The molecule has 0 spiro atoms. The number of aromatic nitrogens is 2. The number of amides is 1. The Hall–Kier alpha value is -4.35. The fourth-order valence-electron chi connectivity index (χ4n) is 3.67. The van der Waals surface area contributed by atoms with Crippen LogP contribution in [0.4, 0.5) is 11.6 Å². The number of fused-ring (bicyclic) bond motifs is 1. The van der Waals surface area contributed by atoms with Crippen LogP contribution in [-0.4, -0.2) is 63.6 Å². The Kier molecular flexibility index (Phi) is 8.96. The fraction of sp³-hybridized carbons (Fsp3) is 0.296. The van der Waals surface area contributed by atoms with Crippen molar-refractivity contribution in [3.63, 3.8) is 0 Å². The van der Waals surface area contributed by atoms with Crippen molar-refractivity contribution in [2.75, 3.05) is 53.0 Å². The Morgan fingerprint density at radius 3 is 2.45 bits per heavy atom. The van der Waals surface area contributed by atoms with E-state index in [-0.39, 0.29) is 5.91 Å². The van der Waals surface area contributed by atoms with Crippen LogP contribution in [0.15, 0.2) is 53.1 Å². The summed E-state index contributed by atoms with van der Waals surface area (Å²) in [5, 5.41) is 6.50. The lowest BCUT2D eigenvalue weighted by molar-refractivity contribution is 0.0963. The van der Waals surface area contributed by atoms with Gasteiger partial charge in [-0.2, -0.15) is 4.98 Å². The van der Waals surface area contributed by atoms with Crippen molar-refractivity contribution in [2.45, 2.75) is 6.92 Å². The first-order chi connectivity index (χ1) is 18.5. The number of aryl methyl sites for hydroxylation is 1. The number of furan rings is 1. The largest absolute Gasteiger partial charge is 0.487 e. The number of anilines is 2. The van der Waals surface area contributed by atoms with E-state index >= 15 is 0 Å². The summed E-state index contributed by atoms with van der Waals surface area (Å²) in [6, 6.07) is 12.3. The van der Waals surface area contributed by atoms with Gasteiger partial charge in [0.25, 0.3) is 5.91 Å². The minimum atomic E-state index is -0.205. The second-order valence-electron chi connectivity index (χ2n) is 8.06. The normalized spacial score (nSPS) is 10.8. The van der Waals surface area contributed by atoms with Gasteiger partial charge in [-0.05, 0) is 31.2 Å². The topological polar surface area (TPSA) is 126 Å². The molecule has 11 nitrogen and oxygen atoms in total. The molecule has 1 amide bonds. The van der Waals surface area contributed by atoms with Gasteiger partial charge in [-0.1, -0.05) is 0 Å². The first kappa shape index (κ1) is 26.7. The van der Waals surface area contributed by atoms with Crippen LogP contribution < -0.4 is 24.8 Å². The molecule has 0 radical (unpaired) electrons. The molecule has 4 rings (SSSR count). The van der Waals surface area contributed by atoms with E-state index in [0.29, 0.717) is 83.5 Å². The maximum atomic E-state index is 12.2. The van der Waals surface area contributed by atoms with Gasteiger partial charge in [0.15, 0.2) is 11.5 Å². The van der Waals surface area contributed by atoms with Gasteiger partial charge in [0.1, 0.15) is 30.3 Å². The Bertz CT molecular complexity index is 1390. The van der Waals surface area contributed by atoms with Gasteiger partial charge in [0.05, 0.1) is 18.8 Å². The first-order valence-electron chi connectivity index (χ1n) is 11.9. The molecule has 0 aliphatic carbocycles. The standard InChI is InChI=1S/C27H30N4O7/c1-17-25(26(32)28-2)20-7-6-19(16-22(20)37-17)38-24-9-10-29-27(31-24)30-18-5-8-21(35-13-11-33-3)23(15-18)36-14-12-34-4/h5-10,15-16H,11-14H2,1-4H3,(H,28,32)(H,29,30,31). The van der Waals surface area contributed by atoms with Gasteiger partial charge in [0.2, 0.25) is 11.8 Å². The lowest BCUT2D eigenvalue weighted by Gasteiger charge is -2.14. The highest BCUT2D eigenvalue weighted by molar-refractivity contribution is 6.07. The predicted molar refractivity (Wildman–Crippen MR) is 141 cm³/mol. The molecule has 0 bridgehead atoms. The van der Waals surface area contributed by atoms with Gasteiger partial charge in [-0.25, -0.2) is 4.98 Å². The summed E-state index contributed by atoms with van der Waals surface area (Å²) >= 11 is 0. The molecule has 2 N–H and O–H groups in total. The second-order valence-corrected chi connectivity index (χ2v) is 8.06. The SMILES string of the molecule is CNC(=O)c1c(C)oc2cc(Oc3ccnc(Nc4ccc(OCCOC)c(OCCOC)c4)n3)ccc12. The van der Waals surface area contributed by atoms with Crippen molar-refractivity contribution in [3.8, 4) is 23.1 Å². The summed E-state index contributed by atoms with van der Waals surface area (Å²) in [7, 11) is 4.81. The Balaban J connectivity index is 1.49. The van der Waals surface area contributed by atoms with Crippen molar-refractivity contribution in [1.82, 2.24) is 15.3 Å². The fourth-order valence-corrected chi connectivity index (χ4v) is 3.67. The summed E-state index contributed by atoms with van der Waals surface area (Å²) in [5.41, 5.74) is 1.74. The molecule has 0 saturated carbocycles. The van der Waals surface area contributed by atoms with Crippen molar-refractivity contribution < 1.29 is 32.9 Å². The molecule has 0 saturated heterocycles. The number of hydrogen-bond donors (Lipinski definition) is 2. The Morgan fingerprint density at radius 1 is 0.947 bits per heavy atom. The van der Waals surface area contributed by atoms with E-state index in [1.165, 1.54) is 0 Å². The van der Waals surface area contributed by atoms with E-state index in [9.17, 15) is 4.79 Å². The highest BCUT2D eigenvalue weighted by Crippen LogP contribution is 2.33. The molecule has 2 heterocycles. The summed E-state index contributed by atoms with van der Waals surface area (Å²) < 4.78 is 33.4. The molecular formula is C27H30N4O7. The number of carbonyl (C=O) groups excluding carboxylic acids is 1. The van der Waals surface area contributed by atoms with Crippen molar-refractivity contribution in [2.24, 2.45) is 0 Å². The molecule has 0 aliphatic rings. The third-order valence-corrected chi connectivity index (χ3v) is 5.43. The number of rotatable bonds is 13. The quantitative estimate of drug-likeness (QED) is 0.243. The van der Waals surface area contributed by atoms with Gasteiger partial charge in [-0.15, -0.1) is 0 Å². The number of nitrogens with one attached hydrogen (secondary N) is 2. The molecule has 0 atom stereocenters. The molecule has 38 heavy (non-hydrogen) atoms. The number of hydrogen-bond acceptors (Lipinski definition) is 10. The summed E-state index contributed by atoms with van der Waals surface area (Å²) in [6.07, 6.45) is 1.59. The highest BCUT2D eigenvalue weighted by atomic mass is 16.5. The Morgan fingerprint density at radius 2 is 1.71 bits per heavy atom. The third kappa shape index (κ3) is 6.50. The smallest absolute Gasteiger partial charge is 0.255 e. The summed E-state index contributed by atoms with van der Waals surface area (Å²) in [6.45, 7) is 3.40. The molecular weight excluding hydrogens is 492 g/mol. The van der Waals surface area contributed by atoms with Crippen LogP contribution in [0.3, 0.4) is 0 Å². The average molecular weight is 523 g/mol. The first-order valence-corrected chi connectivity index (χ1v) is 11.9. The van der Waals surface area contributed by atoms with E-state index < -0.39 is 0 Å². The van der Waals surface area contributed by atoms with Crippen molar-refractivity contribution >= 4 is 28.5 Å². The maximum Gasteiger partial charge on any atom is 0.255 e. The van der Waals surface area contributed by atoms with Crippen LogP contribution in [0.25, 0.3) is 11.0 Å². The molecule has 0 unspecified atom stereocenters. The third-order valence-electron chi connectivity index (χ3n) is 5.43. The summed E-state index contributed by atoms with van der Waals surface area (Å²) in [5.74, 6) is 2.63. The van der Waals surface area contributed by atoms with Crippen molar-refractivity contribution in [1.29, 1.82) is 0 Å². The predicted octanol–water partition coefficient (Wildman–Crippen LogP) is 4.48. The number of benzene rings is 2. The van der Waals surface area contributed by atoms with Crippen LogP contribution in [-0.2, 0) is 9.47 Å². The maximum absolute atomic E-state index is 12.2. The monoisotopic (exact) mass is 522 g/mol. The zero-order valence-electron chi connectivity index (χ0n) is 21.7. The molecule has 4 aromatic rings. The zero-order valence-corrected chi connectivity index (χ0v) is 21.7. The van der Waals surface area contributed by atoms with E-state index in [1.807, 2.05) is 6.07 Å². The van der Waals surface area contributed by atoms with Crippen LogP contribution in [0.5, 0.6) is 23.1 Å². The molecule has 2 aromatic heterocycles. The van der Waals surface area contributed by atoms with Crippen molar-refractivity contribution in [3.05, 3.63) is 60.0 Å². The minimum absolute atomic E-state index is 0.205. The summed E-state index contributed by atoms with van der Waals surface area (Å²) in [4.78, 5) is 20.9. The van der Waals surface area contributed by atoms with E-state index in [2.05, 4.69) is 20.6 Å². The Labute approximate surface area is 220 Å². The van der Waals surface area contributed by atoms with Crippen LogP contribution in [0.2, 0.25) is 0 Å². The van der Waals surface area contributed by atoms with Gasteiger partial charge in [-0.3, -0.25) is 4.79 Å². The van der Waals surface area contributed by atoms with E-state index in [0.717, 1.165) is 0 Å². The lowest BCUT2D eigenvalue weighted by Crippen LogP contribution is -2.18. The van der Waals surface area contributed by atoms with Crippen LogP contribution >= 0.6 is 0 Å². The van der Waals surface area contributed by atoms with Gasteiger partial charge < -0.3 is 38.7 Å². The number of ether oxygens (including phenoxy) is 5. The van der Waals surface area contributed by atoms with E-state index in [1.54, 1.807) is 70.8 Å². The second kappa shape index (κ2) is 12.7. The molecule has 0 fully saturated rings. The lowest BCUT2D eigenvalue weighted by atomic mass is 10.1. The minimum Gasteiger partial charge on any atom is -0.487 e. The highest BCUT2D eigenvalue weighted by Gasteiger charge is 2.18. The number of carbonyl (C=O) groups is 1. The van der Waals surface area contributed by atoms with E-state index in [4.69, 9.17) is 28.1 Å². The average Bonchev–Trinajstić information content (AvgIpc) is 3.24. The molecule has 0 aliphatic heterocycles. The molecule has 200 valence electrons. The molecule has 2 aromatic carbocycles. The van der Waals surface area contributed by atoms with Gasteiger partial charge >= 0.3 is 0 Å². The number of methoxy groups -OCH3 is 2. The van der Waals surface area contributed by atoms with Crippen LogP contribution in [0.1, 0.15) is 16.1 Å².